The number of benzene rings is 2. The maximum absolute atomic E-state index is 12.7. The summed E-state index contributed by atoms with van der Waals surface area (Å²) in [6.45, 7) is 0. The first kappa shape index (κ1) is 18.4. The molecule has 0 bridgehead atoms. The topological polar surface area (TPSA) is 55.4 Å². The molecule has 4 nitrogen and oxygen atoms in total. The third kappa shape index (κ3) is 3.71. The number of hydrogen-bond acceptors (Lipinski definition) is 4. The van der Waals surface area contributed by atoms with Crippen LogP contribution in [-0.2, 0) is 24.0 Å². The van der Waals surface area contributed by atoms with Crippen LogP contribution < -0.4 is 5.32 Å². The lowest BCUT2D eigenvalue weighted by atomic mass is 10.0. The summed E-state index contributed by atoms with van der Waals surface area (Å²) in [6, 6.07) is 17.8. The minimum Gasteiger partial charge on any atom is -0.465 e. The summed E-state index contributed by atoms with van der Waals surface area (Å²) in [7, 11) is 1.37. The lowest BCUT2D eigenvalue weighted by molar-refractivity contribution is 0.0601. The van der Waals surface area contributed by atoms with Crippen LogP contribution in [0.1, 0.15) is 48.7 Å². The van der Waals surface area contributed by atoms with Crippen molar-refractivity contribution in [3.63, 3.8) is 0 Å². The number of rotatable bonds is 5. The predicted octanol–water partition coefficient (Wildman–Crippen LogP) is 4.87. The van der Waals surface area contributed by atoms with Crippen LogP contribution in [0.3, 0.4) is 0 Å². The molecule has 3 aromatic rings. The van der Waals surface area contributed by atoms with E-state index in [9.17, 15) is 9.59 Å². The Hall–Kier alpha value is -2.92. The number of carbonyl (C=O) groups is 2. The third-order valence-electron chi connectivity index (χ3n) is 5.01. The minimum absolute atomic E-state index is 0.212. The van der Waals surface area contributed by atoms with Gasteiger partial charge in [0.25, 0.3) is 5.91 Å². The summed E-state index contributed by atoms with van der Waals surface area (Å²) >= 11 is 1.49. The summed E-state index contributed by atoms with van der Waals surface area (Å²) in [5, 5.41) is 3.51. The number of hydrogen-bond donors (Lipinski definition) is 1. The van der Waals surface area contributed by atoms with Gasteiger partial charge in [-0.15, -0.1) is 11.3 Å². The van der Waals surface area contributed by atoms with E-state index in [1.165, 1.54) is 28.9 Å². The van der Waals surface area contributed by atoms with Crippen LogP contribution in [0.4, 0.5) is 5.00 Å². The fraction of sp³-hybridized carbons (Fsp3) is 0.217. The van der Waals surface area contributed by atoms with Gasteiger partial charge < -0.3 is 10.1 Å². The highest BCUT2D eigenvalue weighted by molar-refractivity contribution is 7.17. The first-order chi connectivity index (χ1) is 13.7. The molecule has 1 N–H and O–H groups in total. The number of carbonyl (C=O) groups excluding carboxylic acids is 2. The maximum atomic E-state index is 12.7. The van der Waals surface area contributed by atoms with Crippen molar-refractivity contribution in [2.75, 3.05) is 12.4 Å². The Kier molecular flexibility index (Phi) is 5.26. The standard InChI is InChI=1S/C23H21NO3S/c1-27-23(26)20-18-8-5-9-19(18)28-22(20)24-21(25)17-12-10-16(11-13-17)14-15-6-3-2-4-7-15/h2-4,6-7,10-13H,5,8-9,14H2,1H3,(H,24,25). The highest BCUT2D eigenvalue weighted by atomic mass is 32.1. The SMILES string of the molecule is COC(=O)c1c(NC(=O)c2ccc(Cc3ccccc3)cc2)sc2c1CCC2. The van der Waals surface area contributed by atoms with Gasteiger partial charge in [-0.2, -0.15) is 0 Å². The summed E-state index contributed by atoms with van der Waals surface area (Å²) in [5.41, 5.74) is 4.50. The van der Waals surface area contributed by atoms with Gasteiger partial charge in [0.05, 0.1) is 12.7 Å². The van der Waals surface area contributed by atoms with Gasteiger partial charge in [-0.3, -0.25) is 4.79 Å². The zero-order valence-corrected chi connectivity index (χ0v) is 16.5. The van der Waals surface area contributed by atoms with Gasteiger partial charge in [-0.1, -0.05) is 42.5 Å². The van der Waals surface area contributed by atoms with E-state index < -0.39 is 0 Å². The lowest BCUT2D eigenvalue weighted by Crippen LogP contribution is -2.14. The molecule has 5 heteroatoms. The minimum atomic E-state index is -0.382. The Morgan fingerprint density at radius 3 is 2.43 bits per heavy atom. The van der Waals surface area contributed by atoms with Crippen molar-refractivity contribution in [3.8, 4) is 0 Å². The van der Waals surface area contributed by atoms with E-state index in [2.05, 4.69) is 17.4 Å². The fourth-order valence-corrected chi connectivity index (χ4v) is 4.86. The molecule has 0 saturated heterocycles. The van der Waals surface area contributed by atoms with Gasteiger partial charge in [0.15, 0.2) is 0 Å². The normalized spacial score (nSPS) is 12.5. The van der Waals surface area contributed by atoms with E-state index >= 15 is 0 Å². The summed E-state index contributed by atoms with van der Waals surface area (Å²) in [6.07, 6.45) is 3.68. The Labute approximate surface area is 168 Å². The van der Waals surface area contributed by atoms with E-state index in [4.69, 9.17) is 4.74 Å². The molecule has 1 amide bonds. The van der Waals surface area contributed by atoms with Crippen LogP contribution in [0.5, 0.6) is 0 Å². The molecule has 1 aromatic heterocycles. The Morgan fingerprint density at radius 1 is 1.00 bits per heavy atom. The van der Waals surface area contributed by atoms with Crippen LogP contribution in [-0.4, -0.2) is 19.0 Å². The van der Waals surface area contributed by atoms with Crippen LogP contribution in [0, 0.1) is 0 Å². The number of methoxy groups -OCH3 is 1. The molecule has 0 atom stereocenters. The second-order valence-corrected chi connectivity index (χ2v) is 7.97. The quantitative estimate of drug-likeness (QED) is 0.632. The highest BCUT2D eigenvalue weighted by Gasteiger charge is 2.28. The molecule has 28 heavy (non-hydrogen) atoms. The Bertz CT molecular complexity index is 1010. The van der Waals surface area contributed by atoms with Crippen LogP contribution in [0.2, 0.25) is 0 Å². The average molecular weight is 391 g/mol. The number of fused-ring (bicyclic) bond motifs is 1. The molecule has 2 aromatic carbocycles. The van der Waals surface area contributed by atoms with Crippen LogP contribution in [0.15, 0.2) is 54.6 Å². The van der Waals surface area contributed by atoms with Crippen molar-refractivity contribution in [1.82, 2.24) is 0 Å². The second-order valence-electron chi connectivity index (χ2n) is 6.87. The number of nitrogens with one attached hydrogen (secondary N) is 1. The number of aryl methyl sites for hydroxylation is 1. The molecular formula is C23H21NO3S. The van der Waals surface area contributed by atoms with Gasteiger partial charge in [-0.05, 0) is 54.5 Å². The highest BCUT2D eigenvalue weighted by Crippen LogP contribution is 2.39. The van der Waals surface area contributed by atoms with E-state index in [-0.39, 0.29) is 11.9 Å². The number of thiophene rings is 1. The second kappa shape index (κ2) is 7.98. The van der Waals surface area contributed by atoms with E-state index in [0.717, 1.165) is 36.8 Å². The number of ether oxygens (including phenoxy) is 1. The van der Waals surface area contributed by atoms with Crippen molar-refractivity contribution in [1.29, 1.82) is 0 Å². The van der Waals surface area contributed by atoms with Crippen molar-refractivity contribution in [2.24, 2.45) is 0 Å². The molecule has 1 aliphatic rings. The molecule has 0 unspecified atom stereocenters. The molecule has 4 rings (SSSR count). The molecule has 0 saturated carbocycles. The first-order valence-electron chi connectivity index (χ1n) is 9.33. The molecule has 142 valence electrons. The van der Waals surface area contributed by atoms with Gasteiger partial charge in [0, 0.05) is 10.4 Å². The number of amides is 1. The summed E-state index contributed by atoms with van der Waals surface area (Å²) in [4.78, 5) is 26.1. The van der Waals surface area contributed by atoms with Crippen molar-refractivity contribution in [2.45, 2.75) is 25.7 Å². The third-order valence-corrected chi connectivity index (χ3v) is 6.21. The molecule has 1 aliphatic carbocycles. The maximum Gasteiger partial charge on any atom is 0.341 e. The molecule has 0 radical (unpaired) electrons. The number of esters is 1. The molecule has 0 aliphatic heterocycles. The fourth-order valence-electron chi connectivity index (χ4n) is 3.59. The van der Waals surface area contributed by atoms with Crippen molar-refractivity contribution < 1.29 is 14.3 Å². The van der Waals surface area contributed by atoms with Gasteiger partial charge >= 0.3 is 5.97 Å². The van der Waals surface area contributed by atoms with Crippen molar-refractivity contribution >= 4 is 28.2 Å². The van der Waals surface area contributed by atoms with E-state index in [1.54, 1.807) is 0 Å². The zero-order valence-electron chi connectivity index (χ0n) is 15.7. The summed E-state index contributed by atoms with van der Waals surface area (Å²) < 4.78 is 4.94. The molecule has 0 spiro atoms. The van der Waals surface area contributed by atoms with Gasteiger partial charge in [0.2, 0.25) is 0 Å². The molecule has 0 fully saturated rings. The zero-order chi connectivity index (χ0) is 19.5. The molecular weight excluding hydrogens is 370 g/mol. The first-order valence-corrected chi connectivity index (χ1v) is 10.1. The number of anilines is 1. The predicted molar refractivity (Wildman–Crippen MR) is 111 cm³/mol. The van der Waals surface area contributed by atoms with Gasteiger partial charge in [-0.25, -0.2) is 4.79 Å². The van der Waals surface area contributed by atoms with E-state index in [0.29, 0.717) is 16.1 Å². The van der Waals surface area contributed by atoms with Crippen LogP contribution >= 0.6 is 11.3 Å². The Balaban J connectivity index is 1.51. The lowest BCUT2D eigenvalue weighted by Gasteiger charge is -2.08. The Morgan fingerprint density at radius 2 is 1.71 bits per heavy atom. The van der Waals surface area contributed by atoms with Crippen LogP contribution in [0.25, 0.3) is 0 Å². The smallest absolute Gasteiger partial charge is 0.341 e. The van der Waals surface area contributed by atoms with E-state index in [1.807, 2.05) is 42.5 Å². The largest absolute Gasteiger partial charge is 0.465 e. The molecule has 1 heterocycles. The van der Waals surface area contributed by atoms with Crippen molar-refractivity contribution in [3.05, 3.63) is 87.3 Å². The monoisotopic (exact) mass is 391 g/mol. The van der Waals surface area contributed by atoms with Gasteiger partial charge in [0.1, 0.15) is 5.00 Å². The summed E-state index contributed by atoms with van der Waals surface area (Å²) in [5.74, 6) is -0.593. The average Bonchev–Trinajstić information content (AvgIpc) is 3.29.